The van der Waals surface area contributed by atoms with E-state index in [1.165, 1.54) is 0 Å². The molecule has 2 atom stereocenters. The second-order valence-corrected chi connectivity index (χ2v) is 12.4. The molecule has 0 aromatic carbocycles. The van der Waals surface area contributed by atoms with Crippen LogP contribution in [0.5, 0.6) is 0 Å². The number of halogens is 6. The summed E-state index contributed by atoms with van der Waals surface area (Å²) in [6.07, 6.45) is 2.99. The van der Waals surface area contributed by atoms with Crippen molar-refractivity contribution in [1.82, 2.24) is 15.0 Å². The van der Waals surface area contributed by atoms with Crippen LogP contribution in [0.2, 0.25) is 0 Å². The van der Waals surface area contributed by atoms with Crippen molar-refractivity contribution in [3.05, 3.63) is 11.6 Å². The zero-order valence-corrected chi connectivity index (χ0v) is 18.8. The van der Waals surface area contributed by atoms with Gasteiger partial charge in [0.1, 0.15) is 5.84 Å². The predicted octanol–water partition coefficient (Wildman–Crippen LogP) is 5.93. The minimum Gasteiger partial charge on any atom is -0.312 e. The van der Waals surface area contributed by atoms with Gasteiger partial charge >= 0.3 is 0 Å². The summed E-state index contributed by atoms with van der Waals surface area (Å²) in [4.78, 5) is 17.1. The lowest BCUT2D eigenvalue weighted by Crippen LogP contribution is -2.39. The van der Waals surface area contributed by atoms with Crippen molar-refractivity contribution in [2.24, 2.45) is 15.8 Å². The third-order valence-electron chi connectivity index (χ3n) is 4.60. The SMILES string of the molecule is CC1(C)CC2CC(C)(C1)C(Nc1nc(C(Cl)(Cl)Cl)nc(C(Cl)(Cl)Cl)n1)=N2. The Balaban J connectivity index is 1.97. The highest BCUT2D eigenvalue weighted by molar-refractivity contribution is 6.67. The fraction of sp³-hybridized carbons (Fsp3) is 0.733. The van der Waals surface area contributed by atoms with E-state index < -0.39 is 7.59 Å². The summed E-state index contributed by atoms with van der Waals surface area (Å²) < 4.78 is -3.77. The molecule has 0 spiro atoms. The van der Waals surface area contributed by atoms with Gasteiger partial charge in [0.2, 0.25) is 13.5 Å². The molecule has 1 aromatic rings. The van der Waals surface area contributed by atoms with E-state index in [-0.39, 0.29) is 34.5 Å². The molecular formula is C15H17Cl6N5. The van der Waals surface area contributed by atoms with Gasteiger partial charge in [-0.15, -0.1) is 0 Å². The molecule has 3 rings (SSSR count). The Hall–Kier alpha value is 0.220. The van der Waals surface area contributed by atoms with Gasteiger partial charge in [-0.2, -0.15) is 9.97 Å². The highest BCUT2D eigenvalue weighted by Gasteiger charge is 2.49. The van der Waals surface area contributed by atoms with Gasteiger partial charge in [0, 0.05) is 5.41 Å². The third kappa shape index (κ3) is 4.44. The van der Waals surface area contributed by atoms with Crippen LogP contribution in [0.25, 0.3) is 0 Å². The van der Waals surface area contributed by atoms with Gasteiger partial charge in [-0.1, -0.05) is 90.4 Å². The fourth-order valence-corrected chi connectivity index (χ4v) is 4.52. The molecule has 1 N–H and O–H groups in total. The van der Waals surface area contributed by atoms with Gasteiger partial charge in [-0.05, 0) is 24.7 Å². The quantitative estimate of drug-likeness (QED) is 0.507. The van der Waals surface area contributed by atoms with E-state index in [0.29, 0.717) is 0 Å². The Morgan fingerprint density at radius 3 is 1.92 bits per heavy atom. The summed E-state index contributed by atoms with van der Waals surface area (Å²) in [5.41, 5.74) is 0.0918. The normalized spacial score (nSPS) is 28.0. The average Bonchev–Trinajstić information content (AvgIpc) is 2.65. The molecular weight excluding hydrogens is 463 g/mol. The number of aromatic nitrogens is 3. The van der Waals surface area contributed by atoms with Crippen molar-refractivity contribution in [3.63, 3.8) is 0 Å². The zero-order chi connectivity index (χ0) is 19.5. The molecule has 1 aromatic heterocycles. The van der Waals surface area contributed by atoms with Crippen LogP contribution in [0.15, 0.2) is 4.99 Å². The van der Waals surface area contributed by atoms with Crippen LogP contribution in [-0.2, 0) is 7.59 Å². The summed E-state index contributed by atoms with van der Waals surface area (Å²) in [6, 6.07) is 0.258. The first-order valence-corrected chi connectivity index (χ1v) is 10.2. The van der Waals surface area contributed by atoms with Gasteiger partial charge < -0.3 is 5.32 Å². The maximum absolute atomic E-state index is 5.91. The molecule has 2 bridgehead atoms. The number of hydrogen-bond donors (Lipinski definition) is 1. The smallest absolute Gasteiger partial charge is 0.250 e. The van der Waals surface area contributed by atoms with E-state index in [0.717, 1.165) is 25.1 Å². The fourth-order valence-electron chi connectivity index (χ4n) is 4.02. The maximum atomic E-state index is 5.91. The van der Waals surface area contributed by atoms with Crippen LogP contribution in [0, 0.1) is 10.8 Å². The first-order valence-electron chi connectivity index (χ1n) is 7.94. The van der Waals surface area contributed by atoms with Crippen LogP contribution >= 0.6 is 69.6 Å². The van der Waals surface area contributed by atoms with Crippen LogP contribution < -0.4 is 5.32 Å². The molecule has 5 nitrogen and oxygen atoms in total. The number of hydrogen-bond acceptors (Lipinski definition) is 5. The van der Waals surface area contributed by atoms with Crippen LogP contribution in [0.1, 0.15) is 51.7 Å². The Labute approximate surface area is 182 Å². The van der Waals surface area contributed by atoms with Crippen molar-refractivity contribution in [1.29, 1.82) is 0 Å². The van der Waals surface area contributed by atoms with Crippen molar-refractivity contribution >= 4 is 81.4 Å². The lowest BCUT2D eigenvalue weighted by molar-refractivity contribution is 0.153. The molecule has 2 aliphatic rings. The molecule has 1 saturated carbocycles. The molecule has 1 aliphatic heterocycles. The van der Waals surface area contributed by atoms with Crippen LogP contribution in [0.4, 0.5) is 5.95 Å². The van der Waals surface area contributed by atoms with Gasteiger partial charge in [0.25, 0.3) is 0 Å². The van der Waals surface area contributed by atoms with E-state index >= 15 is 0 Å². The van der Waals surface area contributed by atoms with Gasteiger partial charge in [0.15, 0.2) is 11.6 Å². The highest BCUT2D eigenvalue weighted by atomic mass is 35.6. The number of nitrogens with zero attached hydrogens (tertiary/aromatic N) is 4. The molecule has 1 fully saturated rings. The predicted molar refractivity (Wildman–Crippen MR) is 109 cm³/mol. The third-order valence-corrected chi connectivity index (χ3v) is 5.61. The molecule has 11 heteroatoms. The van der Waals surface area contributed by atoms with E-state index in [1.54, 1.807) is 0 Å². The van der Waals surface area contributed by atoms with Crippen LogP contribution in [-0.4, -0.2) is 26.8 Å². The number of amidine groups is 1. The summed E-state index contributed by atoms with van der Waals surface area (Å²) in [6.45, 7) is 6.67. The van der Waals surface area contributed by atoms with E-state index in [2.05, 4.69) is 41.0 Å². The number of nitrogens with one attached hydrogen (secondary N) is 1. The zero-order valence-electron chi connectivity index (χ0n) is 14.3. The molecule has 0 amide bonds. The van der Waals surface area contributed by atoms with E-state index in [4.69, 9.17) is 74.6 Å². The van der Waals surface area contributed by atoms with E-state index in [1.807, 2.05) is 0 Å². The Morgan fingerprint density at radius 2 is 1.42 bits per heavy atom. The molecule has 0 saturated heterocycles. The summed E-state index contributed by atoms with van der Waals surface area (Å²) >= 11 is 35.5. The second-order valence-electron chi connectivity index (χ2n) is 7.87. The monoisotopic (exact) mass is 477 g/mol. The standard InChI is InChI=1S/C15H17Cl6N5/c1-12(2)4-7-5-13(3,6-12)8(22-7)24-11-25-9(14(16,17)18)23-10(26-11)15(19,20)21/h7H,4-6H2,1-3H3,(H,22,23,24,25,26). The number of aliphatic imine (C=N–C) groups is 1. The molecule has 26 heavy (non-hydrogen) atoms. The van der Waals surface area contributed by atoms with Gasteiger partial charge in [-0.25, -0.2) is 4.98 Å². The van der Waals surface area contributed by atoms with Gasteiger partial charge in [0.05, 0.1) is 6.04 Å². The first kappa shape index (κ1) is 20.9. The lowest BCUT2D eigenvalue weighted by Gasteiger charge is -2.40. The Morgan fingerprint density at radius 1 is 0.885 bits per heavy atom. The molecule has 1 aliphatic carbocycles. The second kappa shape index (κ2) is 6.64. The number of rotatable bonds is 1. The molecule has 144 valence electrons. The number of alkyl halides is 6. The van der Waals surface area contributed by atoms with Crippen molar-refractivity contribution < 1.29 is 0 Å². The topological polar surface area (TPSA) is 63.1 Å². The number of anilines is 1. The maximum Gasteiger partial charge on any atom is 0.250 e. The summed E-state index contributed by atoms with van der Waals surface area (Å²) in [5, 5.41) is 3.15. The minimum atomic E-state index is -1.89. The molecule has 2 unspecified atom stereocenters. The van der Waals surface area contributed by atoms with Gasteiger partial charge in [-0.3, -0.25) is 4.99 Å². The largest absolute Gasteiger partial charge is 0.312 e. The van der Waals surface area contributed by atoms with Crippen molar-refractivity contribution in [3.8, 4) is 0 Å². The summed E-state index contributed by atoms with van der Waals surface area (Å²) in [7, 11) is 0. The number of fused-ring (bicyclic) bond motifs is 2. The Kier molecular flexibility index (Phi) is 5.34. The van der Waals surface area contributed by atoms with Crippen LogP contribution in [0.3, 0.4) is 0 Å². The highest BCUT2D eigenvalue weighted by Crippen LogP contribution is 2.51. The lowest BCUT2D eigenvalue weighted by atomic mass is 9.64. The molecule has 0 radical (unpaired) electrons. The molecule has 2 heterocycles. The van der Waals surface area contributed by atoms with E-state index in [9.17, 15) is 0 Å². The first-order chi connectivity index (χ1) is 11.7. The average molecular weight is 480 g/mol. The van der Waals surface area contributed by atoms with Crippen molar-refractivity contribution in [2.45, 2.75) is 53.7 Å². The summed E-state index contributed by atoms with van der Waals surface area (Å²) in [5.74, 6) is 0.666. The Bertz CT molecular complexity index is 722. The van der Waals surface area contributed by atoms with Crippen molar-refractivity contribution in [2.75, 3.05) is 5.32 Å². The minimum absolute atomic E-state index is 0.112.